The van der Waals surface area contributed by atoms with Crippen molar-refractivity contribution in [1.29, 1.82) is 0 Å². The Morgan fingerprint density at radius 3 is 2.75 bits per heavy atom. The van der Waals surface area contributed by atoms with Gasteiger partial charge in [0.2, 0.25) is 0 Å². The molecule has 0 aromatic heterocycles. The highest BCUT2D eigenvalue weighted by atomic mass is 35.5. The predicted octanol–water partition coefficient (Wildman–Crippen LogP) is 4.30. The highest BCUT2D eigenvalue weighted by Crippen LogP contribution is 2.34. The summed E-state index contributed by atoms with van der Waals surface area (Å²) in [6, 6.07) is 4.04. The van der Waals surface area contributed by atoms with Gasteiger partial charge in [-0.05, 0) is 50.9 Å². The van der Waals surface area contributed by atoms with Crippen molar-refractivity contribution in [3.63, 3.8) is 0 Å². The molecule has 6 heteroatoms. The first-order chi connectivity index (χ1) is 9.36. The Labute approximate surface area is 121 Å². The van der Waals surface area contributed by atoms with Gasteiger partial charge in [-0.25, -0.2) is 0 Å². The molecule has 0 spiro atoms. The lowest BCUT2D eigenvalue weighted by molar-refractivity contribution is -0.137. The van der Waals surface area contributed by atoms with Crippen LogP contribution in [0.1, 0.15) is 31.7 Å². The normalized spacial score (nSPS) is 20.9. The first-order valence-corrected chi connectivity index (χ1v) is 7.10. The molecule has 0 radical (unpaired) electrons. The van der Waals surface area contributed by atoms with Gasteiger partial charge in [0.15, 0.2) is 0 Å². The molecule has 0 amide bonds. The molecule has 1 aliphatic heterocycles. The number of alkyl halides is 3. The van der Waals surface area contributed by atoms with E-state index in [4.69, 9.17) is 11.6 Å². The van der Waals surface area contributed by atoms with Crippen LogP contribution in [-0.4, -0.2) is 18.6 Å². The maximum Gasteiger partial charge on any atom is 0.416 e. The molecule has 2 nitrogen and oxygen atoms in total. The van der Waals surface area contributed by atoms with Gasteiger partial charge in [-0.3, -0.25) is 0 Å². The number of rotatable bonds is 4. The van der Waals surface area contributed by atoms with Crippen LogP contribution in [0.2, 0.25) is 5.02 Å². The molecule has 2 atom stereocenters. The molecule has 20 heavy (non-hydrogen) atoms. The van der Waals surface area contributed by atoms with E-state index in [-0.39, 0.29) is 11.1 Å². The zero-order valence-corrected chi connectivity index (χ0v) is 12.0. The number of anilines is 1. The molecule has 0 bridgehead atoms. The van der Waals surface area contributed by atoms with Gasteiger partial charge in [-0.1, -0.05) is 11.6 Å². The highest BCUT2D eigenvalue weighted by molar-refractivity contribution is 6.33. The molecule has 2 N–H and O–H groups in total. The average Bonchev–Trinajstić information content (AvgIpc) is 2.83. The summed E-state index contributed by atoms with van der Waals surface area (Å²) >= 11 is 5.92. The summed E-state index contributed by atoms with van der Waals surface area (Å²) in [5, 5.41) is 6.67. The van der Waals surface area contributed by atoms with Crippen molar-refractivity contribution < 1.29 is 13.2 Å². The summed E-state index contributed by atoms with van der Waals surface area (Å²) in [4.78, 5) is 0. The maximum absolute atomic E-state index is 12.5. The second kappa shape index (κ2) is 6.22. The Kier molecular flexibility index (Phi) is 4.81. The zero-order valence-electron chi connectivity index (χ0n) is 11.2. The van der Waals surface area contributed by atoms with Crippen molar-refractivity contribution in [1.82, 2.24) is 5.32 Å². The first kappa shape index (κ1) is 15.4. The number of nitrogens with one attached hydrogen (secondary N) is 2. The monoisotopic (exact) mass is 306 g/mol. The molecule has 1 fully saturated rings. The molecular weight excluding hydrogens is 289 g/mol. The lowest BCUT2D eigenvalue weighted by atomic mass is 10.1. The summed E-state index contributed by atoms with van der Waals surface area (Å²) in [5.41, 5.74) is -0.177. The summed E-state index contributed by atoms with van der Waals surface area (Å²) in [7, 11) is 0. The van der Waals surface area contributed by atoms with Crippen molar-refractivity contribution in [2.24, 2.45) is 0 Å². The molecule has 1 aliphatic rings. The molecule has 1 aromatic rings. The first-order valence-electron chi connectivity index (χ1n) is 6.73. The smallest absolute Gasteiger partial charge is 0.381 e. The average molecular weight is 307 g/mol. The highest BCUT2D eigenvalue weighted by Gasteiger charge is 2.31. The van der Waals surface area contributed by atoms with Crippen molar-refractivity contribution in [3.8, 4) is 0 Å². The van der Waals surface area contributed by atoms with Crippen molar-refractivity contribution in [2.75, 3.05) is 11.9 Å². The second-order valence-corrected chi connectivity index (χ2v) is 5.67. The second-order valence-electron chi connectivity index (χ2n) is 5.27. The summed E-state index contributed by atoms with van der Waals surface area (Å²) < 4.78 is 37.6. The van der Waals surface area contributed by atoms with Gasteiger partial charge in [-0.2, -0.15) is 13.2 Å². The van der Waals surface area contributed by atoms with E-state index in [9.17, 15) is 13.2 Å². The van der Waals surface area contributed by atoms with Crippen LogP contribution in [0.15, 0.2) is 18.2 Å². The van der Waals surface area contributed by atoms with Crippen molar-refractivity contribution in [2.45, 2.75) is 44.4 Å². The molecule has 2 unspecified atom stereocenters. The summed E-state index contributed by atoms with van der Waals surface area (Å²) in [5.74, 6) is 0. The number of halogens is 4. The molecular formula is C14H18ClF3N2. The molecule has 0 aliphatic carbocycles. The van der Waals surface area contributed by atoms with Crippen LogP contribution in [0.3, 0.4) is 0 Å². The Morgan fingerprint density at radius 2 is 2.20 bits per heavy atom. The topological polar surface area (TPSA) is 24.1 Å². The number of hydrogen-bond acceptors (Lipinski definition) is 2. The molecule has 1 saturated heterocycles. The standard InChI is InChI=1S/C14H18ClF3N2/c1-9(7-11-3-2-6-19-11)20-13-5-4-10(8-12(13)15)14(16,17)18/h4-5,8-9,11,19-20H,2-3,6-7H2,1H3. The van der Waals surface area contributed by atoms with Crippen LogP contribution in [0.4, 0.5) is 18.9 Å². The van der Waals surface area contributed by atoms with Gasteiger partial charge < -0.3 is 10.6 Å². The van der Waals surface area contributed by atoms with Crippen molar-refractivity contribution >= 4 is 17.3 Å². The molecule has 2 rings (SSSR count). The fraction of sp³-hybridized carbons (Fsp3) is 0.571. The summed E-state index contributed by atoms with van der Waals surface area (Å²) in [6.45, 7) is 3.05. The van der Waals surface area contributed by atoms with Crippen LogP contribution in [0.25, 0.3) is 0 Å². The Balaban J connectivity index is 1.98. The van der Waals surface area contributed by atoms with Crippen LogP contribution in [0.5, 0.6) is 0 Å². The van der Waals surface area contributed by atoms with Gasteiger partial charge in [0, 0.05) is 12.1 Å². The van der Waals surface area contributed by atoms with E-state index < -0.39 is 11.7 Å². The van der Waals surface area contributed by atoms with E-state index in [1.54, 1.807) is 0 Å². The molecule has 0 saturated carbocycles. The largest absolute Gasteiger partial charge is 0.416 e. The van der Waals surface area contributed by atoms with Crippen LogP contribution in [-0.2, 0) is 6.18 Å². The van der Waals surface area contributed by atoms with Gasteiger partial charge in [0.25, 0.3) is 0 Å². The lowest BCUT2D eigenvalue weighted by Crippen LogP contribution is -2.29. The zero-order chi connectivity index (χ0) is 14.8. The Hall–Kier alpha value is -0.940. The van der Waals surface area contributed by atoms with E-state index in [0.717, 1.165) is 31.5 Å². The Morgan fingerprint density at radius 1 is 1.45 bits per heavy atom. The molecule has 1 aromatic carbocycles. The van der Waals surface area contributed by atoms with E-state index in [0.29, 0.717) is 11.7 Å². The van der Waals surface area contributed by atoms with Gasteiger partial charge in [0.1, 0.15) is 0 Å². The van der Waals surface area contributed by atoms with Crippen LogP contribution in [0, 0.1) is 0 Å². The quantitative estimate of drug-likeness (QED) is 0.866. The van der Waals surface area contributed by atoms with Crippen LogP contribution >= 0.6 is 11.6 Å². The molecule has 112 valence electrons. The van der Waals surface area contributed by atoms with E-state index in [2.05, 4.69) is 10.6 Å². The van der Waals surface area contributed by atoms with Gasteiger partial charge in [-0.15, -0.1) is 0 Å². The third kappa shape index (κ3) is 4.03. The van der Waals surface area contributed by atoms with Crippen LogP contribution < -0.4 is 10.6 Å². The number of benzene rings is 1. The summed E-state index contributed by atoms with van der Waals surface area (Å²) in [6.07, 6.45) is -1.11. The van der Waals surface area contributed by atoms with E-state index in [1.165, 1.54) is 12.5 Å². The van der Waals surface area contributed by atoms with E-state index >= 15 is 0 Å². The molecule has 1 heterocycles. The van der Waals surface area contributed by atoms with Gasteiger partial charge >= 0.3 is 6.18 Å². The SMILES string of the molecule is CC(CC1CCCN1)Nc1ccc(C(F)(F)F)cc1Cl. The minimum Gasteiger partial charge on any atom is -0.381 e. The Bertz CT molecular complexity index is 456. The predicted molar refractivity (Wildman–Crippen MR) is 75.2 cm³/mol. The minimum absolute atomic E-state index is 0.103. The lowest BCUT2D eigenvalue weighted by Gasteiger charge is -2.20. The minimum atomic E-state index is -4.36. The third-order valence-corrected chi connectivity index (χ3v) is 3.81. The third-order valence-electron chi connectivity index (χ3n) is 3.50. The van der Waals surface area contributed by atoms with E-state index in [1.807, 2.05) is 6.92 Å². The number of hydrogen-bond donors (Lipinski definition) is 2. The van der Waals surface area contributed by atoms with Crippen molar-refractivity contribution in [3.05, 3.63) is 28.8 Å². The fourth-order valence-corrected chi connectivity index (χ4v) is 2.75. The maximum atomic E-state index is 12.5. The fourth-order valence-electron chi connectivity index (χ4n) is 2.52. The van der Waals surface area contributed by atoms with Gasteiger partial charge in [0.05, 0.1) is 16.3 Å².